The van der Waals surface area contributed by atoms with Gasteiger partial charge in [0, 0.05) is 11.1 Å². The normalized spacial score (nSPS) is 10.6. The number of carbonyl (C=O) groups is 1. The van der Waals surface area contributed by atoms with E-state index >= 15 is 0 Å². The lowest BCUT2D eigenvalue weighted by Gasteiger charge is -2.05. The van der Waals surface area contributed by atoms with Crippen molar-refractivity contribution >= 4 is 12.1 Å². The molecule has 0 aliphatic heterocycles. The molecule has 2 aromatic rings. The number of hydrogen-bond donors (Lipinski definition) is 1. The van der Waals surface area contributed by atoms with Crippen LogP contribution in [0.4, 0.5) is 4.39 Å². The van der Waals surface area contributed by atoms with Gasteiger partial charge in [0.05, 0.1) is 12.8 Å². The van der Waals surface area contributed by atoms with Crippen LogP contribution in [0.3, 0.4) is 0 Å². The first-order chi connectivity index (χ1) is 10.2. The molecule has 0 aliphatic carbocycles. The number of para-hydroxylation sites is 1. The second kappa shape index (κ2) is 7.19. The Kier molecular flexibility index (Phi) is 5.04. The number of halogens is 1. The van der Waals surface area contributed by atoms with Gasteiger partial charge in [0.15, 0.2) is 0 Å². The summed E-state index contributed by atoms with van der Waals surface area (Å²) in [4.78, 5) is 11.8. The Morgan fingerprint density at radius 2 is 2.10 bits per heavy atom. The van der Waals surface area contributed by atoms with Crippen molar-refractivity contribution in [1.82, 2.24) is 5.43 Å². The van der Waals surface area contributed by atoms with Crippen molar-refractivity contribution in [3.05, 3.63) is 65.5 Å². The monoisotopic (exact) mass is 286 g/mol. The standard InChI is InChI=1S/C16H15FN2O2/c1-2-21-15-9-4-3-6-13(15)11-18-19-16(20)12-7-5-8-14(17)10-12/h3-11H,2H2,1H3,(H,19,20). The summed E-state index contributed by atoms with van der Waals surface area (Å²) in [5.41, 5.74) is 3.31. The minimum atomic E-state index is -0.473. The second-order valence-electron chi connectivity index (χ2n) is 4.18. The summed E-state index contributed by atoms with van der Waals surface area (Å²) in [6.45, 7) is 2.43. The van der Waals surface area contributed by atoms with E-state index in [1.54, 1.807) is 0 Å². The van der Waals surface area contributed by atoms with Crippen LogP contribution in [0.2, 0.25) is 0 Å². The molecule has 0 aromatic heterocycles. The van der Waals surface area contributed by atoms with Crippen LogP contribution < -0.4 is 10.2 Å². The third-order valence-electron chi connectivity index (χ3n) is 2.68. The molecular weight excluding hydrogens is 271 g/mol. The molecule has 0 bridgehead atoms. The van der Waals surface area contributed by atoms with Crippen LogP contribution in [0.5, 0.6) is 5.75 Å². The van der Waals surface area contributed by atoms with E-state index in [1.807, 2.05) is 31.2 Å². The lowest BCUT2D eigenvalue weighted by Crippen LogP contribution is -2.17. The highest BCUT2D eigenvalue weighted by molar-refractivity contribution is 5.95. The fourth-order valence-corrected chi connectivity index (χ4v) is 1.73. The number of nitrogens with one attached hydrogen (secondary N) is 1. The highest BCUT2D eigenvalue weighted by Crippen LogP contribution is 2.15. The Morgan fingerprint density at radius 1 is 1.29 bits per heavy atom. The Balaban J connectivity index is 2.04. The summed E-state index contributed by atoms with van der Waals surface area (Å²) in [7, 11) is 0. The maximum Gasteiger partial charge on any atom is 0.271 e. The van der Waals surface area contributed by atoms with Crippen molar-refractivity contribution in [3.8, 4) is 5.75 Å². The quantitative estimate of drug-likeness (QED) is 0.678. The minimum Gasteiger partial charge on any atom is -0.493 e. The molecule has 21 heavy (non-hydrogen) atoms. The topological polar surface area (TPSA) is 50.7 Å². The van der Waals surface area contributed by atoms with Crippen molar-refractivity contribution in [2.45, 2.75) is 6.92 Å². The van der Waals surface area contributed by atoms with Gasteiger partial charge in [-0.1, -0.05) is 18.2 Å². The van der Waals surface area contributed by atoms with Crippen LogP contribution in [-0.4, -0.2) is 18.7 Å². The first-order valence-corrected chi connectivity index (χ1v) is 6.51. The summed E-state index contributed by atoms with van der Waals surface area (Å²) in [6, 6.07) is 12.8. The van der Waals surface area contributed by atoms with Crippen LogP contribution >= 0.6 is 0 Å². The lowest BCUT2D eigenvalue weighted by molar-refractivity contribution is 0.0954. The van der Waals surface area contributed by atoms with E-state index in [-0.39, 0.29) is 5.56 Å². The summed E-state index contributed by atoms with van der Waals surface area (Å²) >= 11 is 0. The van der Waals surface area contributed by atoms with Crippen LogP contribution in [0.15, 0.2) is 53.6 Å². The largest absolute Gasteiger partial charge is 0.493 e. The zero-order valence-electron chi connectivity index (χ0n) is 11.5. The van der Waals surface area contributed by atoms with Gasteiger partial charge in [0.2, 0.25) is 0 Å². The number of carbonyl (C=O) groups excluding carboxylic acids is 1. The predicted octanol–water partition coefficient (Wildman–Crippen LogP) is 2.99. The average Bonchev–Trinajstić information content (AvgIpc) is 2.49. The highest BCUT2D eigenvalue weighted by atomic mass is 19.1. The predicted molar refractivity (Wildman–Crippen MR) is 79.1 cm³/mol. The molecule has 0 radical (unpaired) electrons. The minimum absolute atomic E-state index is 0.213. The molecule has 0 unspecified atom stereocenters. The fraction of sp³-hybridized carbons (Fsp3) is 0.125. The summed E-state index contributed by atoms with van der Waals surface area (Å²) in [5, 5.41) is 3.86. The summed E-state index contributed by atoms with van der Waals surface area (Å²) < 4.78 is 18.5. The first kappa shape index (κ1) is 14.7. The van der Waals surface area contributed by atoms with Crippen LogP contribution in [0.25, 0.3) is 0 Å². The number of hydrazone groups is 1. The third kappa shape index (κ3) is 4.14. The molecule has 0 heterocycles. The molecule has 0 fully saturated rings. The third-order valence-corrected chi connectivity index (χ3v) is 2.68. The van der Waals surface area contributed by atoms with Crippen molar-refractivity contribution in [2.24, 2.45) is 5.10 Å². The molecule has 2 aromatic carbocycles. The van der Waals surface area contributed by atoms with E-state index in [1.165, 1.54) is 24.4 Å². The molecule has 0 saturated carbocycles. The number of hydrogen-bond acceptors (Lipinski definition) is 3. The van der Waals surface area contributed by atoms with Crippen molar-refractivity contribution < 1.29 is 13.9 Å². The van der Waals surface area contributed by atoms with Gasteiger partial charge in [-0.3, -0.25) is 4.79 Å². The van der Waals surface area contributed by atoms with Gasteiger partial charge in [-0.05, 0) is 37.3 Å². The van der Waals surface area contributed by atoms with E-state index in [0.717, 1.165) is 11.6 Å². The van der Waals surface area contributed by atoms with E-state index in [9.17, 15) is 9.18 Å². The molecule has 0 saturated heterocycles. The zero-order chi connectivity index (χ0) is 15.1. The second-order valence-corrected chi connectivity index (χ2v) is 4.18. The van der Waals surface area contributed by atoms with Crippen LogP contribution in [-0.2, 0) is 0 Å². The van der Waals surface area contributed by atoms with Crippen molar-refractivity contribution in [2.75, 3.05) is 6.61 Å². The smallest absolute Gasteiger partial charge is 0.271 e. The lowest BCUT2D eigenvalue weighted by atomic mass is 10.2. The molecule has 1 amide bonds. The van der Waals surface area contributed by atoms with Gasteiger partial charge >= 0.3 is 0 Å². The molecule has 1 N–H and O–H groups in total. The van der Waals surface area contributed by atoms with E-state index in [0.29, 0.717) is 12.4 Å². The number of nitrogens with zero attached hydrogens (tertiary/aromatic N) is 1. The van der Waals surface area contributed by atoms with Gasteiger partial charge in [-0.25, -0.2) is 9.82 Å². The van der Waals surface area contributed by atoms with E-state index in [4.69, 9.17) is 4.74 Å². The summed E-state index contributed by atoms with van der Waals surface area (Å²) in [6.07, 6.45) is 1.49. The molecule has 5 heteroatoms. The van der Waals surface area contributed by atoms with E-state index in [2.05, 4.69) is 10.5 Å². The van der Waals surface area contributed by atoms with Crippen molar-refractivity contribution in [1.29, 1.82) is 0 Å². The molecule has 4 nitrogen and oxygen atoms in total. The Hall–Kier alpha value is -2.69. The zero-order valence-corrected chi connectivity index (χ0v) is 11.5. The average molecular weight is 286 g/mol. The molecule has 108 valence electrons. The number of ether oxygens (including phenoxy) is 1. The van der Waals surface area contributed by atoms with Gasteiger partial charge in [-0.15, -0.1) is 0 Å². The van der Waals surface area contributed by atoms with E-state index < -0.39 is 11.7 Å². The molecular formula is C16H15FN2O2. The fourth-order valence-electron chi connectivity index (χ4n) is 1.73. The van der Waals surface area contributed by atoms with Crippen molar-refractivity contribution in [3.63, 3.8) is 0 Å². The molecule has 0 spiro atoms. The van der Waals surface area contributed by atoms with Crippen LogP contribution in [0, 0.1) is 5.82 Å². The number of amides is 1. The van der Waals surface area contributed by atoms with Gasteiger partial charge < -0.3 is 4.74 Å². The molecule has 0 aliphatic rings. The molecule has 0 atom stereocenters. The highest BCUT2D eigenvalue weighted by Gasteiger charge is 2.05. The number of rotatable bonds is 5. The Bertz CT molecular complexity index is 656. The molecule has 2 rings (SSSR count). The van der Waals surface area contributed by atoms with Gasteiger partial charge in [0.25, 0.3) is 5.91 Å². The Morgan fingerprint density at radius 3 is 2.86 bits per heavy atom. The van der Waals surface area contributed by atoms with Crippen LogP contribution in [0.1, 0.15) is 22.8 Å². The summed E-state index contributed by atoms with van der Waals surface area (Å²) in [5.74, 6) is -0.253. The maximum absolute atomic E-state index is 13.0. The first-order valence-electron chi connectivity index (χ1n) is 6.51. The van der Waals surface area contributed by atoms with Gasteiger partial charge in [-0.2, -0.15) is 5.10 Å². The Labute approximate surface area is 122 Å². The number of benzene rings is 2. The van der Waals surface area contributed by atoms with Gasteiger partial charge in [0.1, 0.15) is 11.6 Å². The SMILES string of the molecule is CCOc1ccccc1C=NNC(=O)c1cccc(F)c1. The maximum atomic E-state index is 13.0.